The van der Waals surface area contributed by atoms with Crippen LogP contribution >= 0.6 is 11.6 Å². The number of methoxy groups -OCH3 is 1. The zero-order valence-corrected chi connectivity index (χ0v) is 11.9. The second-order valence-corrected chi connectivity index (χ2v) is 4.36. The van der Waals surface area contributed by atoms with E-state index < -0.39 is 0 Å². The molecule has 0 spiro atoms. The van der Waals surface area contributed by atoms with Crippen molar-refractivity contribution in [1.82, 2.24) is 5.27 Å². The summed E-state index contributed by atoms with van der Waals surface area (Å²) >= 11 is 5.86. The van der Waals surface area contributed by atoms with Gasteiger partial charge in [0.2, 0.25) is 11.8 Å². The van der Waals surface area contributed by atoms with Crippen LogP contribution in [-0.2, 0) is 12.4 Å². The summed E-state index contributed by atoms with van der Waals surface area (Å²) in [6.45, 7) is 1.82. The molecular formula is C13H14ClN3O3. The highest BCUT2D eigenvalue weighted by Crippen LogP contribution is 2.17. The molecule has 2 rings (SSSR count). The lowest BCUT2D eigenvalue weighted by molar-refractivity contribution is -0.760. The number of alkyl halides is 1. The highest BCUT2D eigenvalue weighted by Gasteiger charge is 2.23. The van der Waals surface area contributed by atoms with Gasteiger partial charge >= 0.3 is 5.88 Å². The van der Waals surface area contributed by atoms with Gasteiger partial charge in [-0.05, 0) is 41.8 Å². The van der Waals surface area contributed by atoms with Crippen molar-refractivity contribution >= 4 is 23.4 Å². The van der Waals surface area contributed by atoms with E-state index in [9.17, 15) is 5.11 Å². The normalized spacial score (nSPS) is 11.7. The van der Waals surface area contributed by atoms with E-state index in [-0.39, 0.29) is 17.7 Å². The van der Waals surface area contributed by atoms with Crippen LogP contribution in [0.15, 0.2) is 33.8 Å². The summed E-state index contributed by atoms with van der Waals surface area (Å²) in [5.41, 5.74) is 1.57. The first-order valence-electron chi connectivity index (χ1n) is 5.94. The first-order chi connectivity index (χ1) is 9.63. The molecule has 0 amide bonds. The third kappa shape index (κ3) is 3.27. The summed E-state index contributed by atoms with van der Waals surface area (Å²) in [4.78, 5) is 3.73. The molecule has 0 aliphatic rings. The lowest BCUT2D eigenvalue weighted by Crippen LogP contribution is -2.39. The minimum Gasteiger partial charge on any atom is -0.862 e. The number of halogens is 1. The zero-order valence-electron chi connectivity index (χ0n) is 11.2. The number of benzene rings is 1. The number of nitrogens with zero attached hydrogens (tertiary/aromatic N) is 3. The van der Waals surface area contributed by atoms with E-state index in [2.05, 4.69) is 10.3 Å². The molecule has 0 aliphatic heterocycles. The van der Waals surface area contributed by atoms with E-state index in [0.717, 1.165) is 11.3 Å². The van der Waals surface area contributed by atoms with Gasteiger partial charge in [0, 0.05) is 5.56 Å². The van der Waals surface area contributed by atoms with Crippen molar-refractivity contribution in [3.8, 4) is 5.75 Å². The number of aliphatic imine (C=N–C) groups is 1. The standard InChI is InChI=1S/C13H14ClN3O3/c1-9(18)15-13-12(7-14)17(16-20-13)8-10-3-5-11(19-2)6-4-10/h3-6H,7-8H2,1-2H3. The number of rotatable bonds is 5. The molecule has 0 radical (unpaired) electrons. The average molecular weight is 296 g/mol. The highest BCUT2D eigenvalue weighted by molar-refractivity contribution is 6.17. The van der Waals surface area contributed by atoms with Gasteiger partial charge in [-0.25, -0.2) is 4.99 Å². The minimum atomic E-state index is -0.357. The van der Waals surface area contributed by atoms with Crippen LogP contribution in [0.4, 0.5) is 5.88 Å². The number of hydrogen-bond donors (Lipinski definition) is 0. The van der Waals surface area contributed by atoms with Crippen molar-refractivity contribution in [3.05, 3.63) is 35.5 Å². The molecule has 0 atom stereocenters. The molecule has 0 saturated carbocycles. The maximum absolute atomic E-state index is 11.0. The fraction of sp³-hybridized carbons (Fsp3) is 0.308. The summed E-state index contributed by atoms with van der Waals surface area (Å²) in [7, 11) is 1.61. The Morgan fingerprint density at radius 1 is 1.45 bits per heavy atom. The molecule has 0 aliphatic carbocycles. The molecule has 1 aromatic carbocycles. The van der Waals surface area contributed by atoms with E-state index in [4.69, 9.17) is 20.9 Å². The molecule has 6 nitrogen and oxygen atoms in total. The predicted octanol–water partition coefficient (Wildman–Crippen LogP) is 1.17. The fourth-order valence-corrected chi connectivity index (χ4v) is 1.93. The molecule has 2 aromatic rings. The van der Waals surface area contributed by atoms with Crippen molar-refractivity contribution in [2.24, 2.45) is 4.99 Å². The largest absolute Gasteiger partial charge is 0.862 e. The third-order valence-corrected chi connectivity index (χ3v) is 2.91. The molecule has 0 saturated heterocycles. The number of hydrogen-bond acceptors (Lipinski definition) is 5. The second-order valence-electron chi connectivity index (χ2n) is 4.09. The maximum atomic E-state index is 11.0. The third-order valence-electron chi connectivity index (χ3n) is 2.66. The second kappa shape index (κ2) is 6.38. The monoisotopic (exact) mass is 295 g/mol. The van der Waals surface area contributed by atoms with Crippen LogP contribution in [0.1, 0.15) is 18.2 Å². The van der Waals surface area contributed by atoms with Gasteiger partial charge < -0.3 is 9.84 Å². The Kier molecular flexibility index (Phi) is 4.57. The molecule has 106 valence electrons. The topological polar surface area (TPSA) is 74.6 Å². The van der Waals surface area contributed by atoms with Crippen LogP contribution in [-0.4, -0.2) is 18.3 Å². The van der Waals surface area contributed by atoms with Crippen LogP contribution in [0.5, 0.6) is 5.75 Å². The molecule has 20 heavy (non-hydrogen) atoms. The van der Waals surface area contributed by atoms with E-state index in [0.29, 0.717) is 12.2 Å². The molecule has 1 aromatic heterocycles. The molecule has 0 fully saturated rings. The van der Waals surface area contributed by atoms with Gasteiger partial charge in [0.15, 0.2) is 0 Å². The van der Waals surface area contributed by atoms with Gasteiger partial charge in [0.1, 0.15) is 11.6 Å². The summed E-state index contributed by atoms with van der Waals surface area (Å²) in [5.74, 6) is 0.736. The summed E-state index contributed by atoms with van der Waals surface area (Å²) in [6.07, 6.45) is 0. The number of ether oxygens (including phenoxy) is 1. The van der Waals surface area contributed by atoms with Crippen molar-refractivity contribution in [2.45, 2.75) is 19.3 Å². The van der Waals surface area contributed by atoms with Gasteiger partial charge in [-0.2, -0.15) is 0 Å². The maximum Gasteiger partial charge on any atom is 0.325 e. The van der Waals surface area contributed by atoms with Crippen LogP contribution in [0.25, 0.3) is 0 Å². The van der Waals surface area contributed by atoms with E-state index in [1.807, 2.05) is 24.3 Å². The Morgan fingerprint density at radius 2 is 2.15 bits per heavy atom. The Balaban J connectivity index is 2.24. The van der Waals surface area contributed by atoms with E-state index >= 15 is 0 Å². The molecular weight excluding hydrogens is 282 g/mol. The summed E-state index contributed by atoms with van der Waals surface area (Å²) in [5, 5.41) is 14.9. The Hall–Kier alpha value is -2.08. The van der Waals surface area contributed by atoms with Crippen molar-refractivity contribution in [1.29, 1.82) is 0 Å². The molecule has 0 unspecified atom stereocenters. The van der Waals surface area contributed by atoms with Gasteiger partial charge in [-0.15, -0.1) is 11.6 Å². The Bertz CT molecular complexity index is 604. The SMILES string of the molecule is COc1ccc(C[n+]2noc(/N=C(/C)[O-])c2CCl)cc1. The minimum absolute atomic E-state index is 0.154. The van der Waals surface area contributed by atoms with Crippen molar-refractivity contribution in [2.75, 3.05) is 7.11 Å². The zero-order chi connectivity index (χ0) is 14.5. The van der Waals surface area contributed by atoms with Crippen LogP contribution in [0.3, 0.4) is 0 Å². The van der Waals surface area contributed by atoms with Gasteiger partial charge in [-0.1, -0.05) is 0 Å². The molecule has 1 heterocycles. The van der Waals surface area contributed by atoms with Crippen molar-refractivity contribution < 1.29 is 19.0 Å². The smallest absolute Gasteiger partial charge is 0.325 e. The first kappa shape index (κ1) is 14.3. The van der Waals surface area contributed by atoms with Gasteiger partial charge in [0.05, 0.1) is 7.11 Å². The van der Waals surface area contributed by atoms with Crippen LogP contribution < -0.4 is 14.5 Å². The lowest BCUT2D eigenvalue weighted by Gasteiger charge is -2.00. The lowest BCUT2D eigenvalue weighted by atomic mass is 10.2. The molecule has 7 heteroatoms. The molecule has 0 N–H and O–H groups in total. The van der Waals surface area contributed by atoms with Crippen LogP contribution in [0, 0.1) is 0 Å². The first-order valence-corrected chi connectivity index (χ1v) is 6.47. The fourth-order valence-electron chi connectivity index (χ4n) is 1.68. The van der Waals surface area contributed by atoms with E-state index in [1.165, 1.54) is 6.92 Å². The van der Waals surface area contributed by atoms with Gasteiger partial charge in [-0.3, -0.25) is 4.52 Å². The van der Waals surface area contributed by atoms with Crippen LogP contribution in [0.2, 0.25) is 0 Å². The summed E-state index contributed by atoms with van der Waals surface area (Å²) in [6, 6.07) is 7.55. The Morgan fingerprint density at radius 3 is 2.70 bits per heavy atom. The highest BCUT2D eigenvalue weighted by atomic mass is 35.5. The summed E-state index contributed by atoms with van der Waals surface area (Å²) < 4.78 is 11.7. The number of aromatic nitrogens is 2. The average Bonchev–Trinajstić information content (AvgIpc) is 2.80. The molecule has 0 bridgehead atoms. The Labute approximate surface area is 121 Å². The van der Waals surface area contributed by atoms with Crippen molar-refractivity contribution in [3.63, 3.8) is 0 Å². The quantitative estimate of drug-likeness (QED) is 0.359. The van der Waals surface area contributed by atoms with Gasteiger partial charge in [0.25, 0.3) is 5.69 Å². The van der Waals surface area contributed by atoms with E-state index in [1.54, 1.807) is 11.8 Å². The predicted molar refractivity (Wildman–Crippen MR) is 71.1 cm³/mol.